The average molecular weight is 516 g/mol. The largest absolute Gasteiger partial charge is 0.488 e. The van der Waals surface area contributed by atoms with Crippen LogP contribution in [-0.2, 0) is 11.2 Å². The zero-order valence-corrected chi connectivity index (χ0v) is 20.9. The molecule has 2 heterocycles. The van der Waals surface area contributed by atoms with E-state index in [2.05, 4.69) is 5.32 Å². The van der Waals surface area contributed by atoms with Crippen molar-refractivity contribution in [3.8, 4) is 5.75 Å². The van der Waals surface area contributed by atoms with Gasteiger partial charge in [-0.05, 0) is 60.2 Å². The molecule has 0 saturated heterocycles. The van der Waals surface area contributed by atoms with Crippen LogP contribution in [0.25, 0.3) is 0 Å². The molecule has 1 unspecified atom stereocenters. The smallest absolute Gasteiger partial charge is 0.322 e. The van der Waals surface area contributed by atoms with Crippen LogP contribution in [0.4, 0.5) is 14.9 Å². The number of fused-ring (bicyclic) bond motifs is 1. The number of hydrogen-bond donors (Lipinski definition) is 1. The number of halogens is 2. The zero-order valence-electron chi connectivity index (χ0n) is 19.4. The van der Waals surface area contributed by atoms with Crippen LogP contribution in [0.1, 0.15) is 29.8 Å². The first kappa shape index (κ1) is 25.0. The Morgan fingerprint density at radius 2 is 2.06 bits per heavy atom. The summed E-state index contributed by atoms with van der Waals surface area (Å²) in [6.07, 6.45) is 1.43. The van der Waals surface area contributed by atoms with Gasteiger partial charge < -0.3 is 19.9 Å². The van der Waals surface area contributed by atoms with E-state index in [0.717, 1.165) is 12.0 Å². The molecule has 1 atom stereocenters. The monoisotopic (exact) mass is 515 g/mol. The van der Waals surface area contributed by atoms with Gasteiger partial charge in [-0.2, -0.15) is 0 Å². The molecule has 0 aliphatic carbocycles. The molecule has 0 fully saturated rings. The van der Waals surface area contributed by atoms with Crippen molar-refractivity contribution in [1.29, 1.82) is 0 Å². The number of nitrogens with one attached hydrogen (secondary N) is 1. The Balaban J connectivity index is 1.48. The molecule has 3 aromatic rings. The molecule has 0 spiro atoms. The molecule has 1 aromatic heterocycles. The molecule has 6 nitrogen and oxygen atoms in total. The molecular weight excluding hydrogens is 489 g/mol. The Kier molecular flexibility index (Phi) is 8.25. The van der Waals surface area contributed by atoms with E-state index in [9.17, 15) is 14.0 Å². The molecule has 9 heteroatoms. The Labute approximate surface area is 213 Å². The SMILES string of the molecule is CCCN(CC(=O)N1CCc2sccc2C1COc1ccccc1F)C(=O)Nc1cccc(Cl)c1. The molecule has 3 amide bonds. The number of hydrogen-bond acceptors (Lipinski definition) is 4. The van der Waals surface area contributed by atoms with E-state index in [4.69, 9.17) is 16.3 Å². The van der Waals surface area contributed by atoms with Gasteiger partial charge in [-0.1, -0.05) is 36.7 Å². The van der Waals surface area contributed by atoms with Gasteiger partial charge in [0.25, 0.3) is 0 Å². The first-order valence-electron chi connectivity index (χ1n) is 11.5. The van der Waals surface area contributed by atoms with Crippen LogP contribution in [-0.4, -0.2) is 48.0 Å². The van der Waals surface area contributed by atoms with Crippen LogP contribution in [0.5, 0.6) is 5.75 Å². The van der Waals surface area contributed by atoms with E-state index in [0.29, 0.717) is 30.2 Å². The van der Waals surface area contributed by atoms with Gasteiger partial charge >= 0.3 is 6.03 Å². The van der Waals surface area contributed by atoms with E-state index < -0.39 is 5.82 Å². The van der Waals surface area contributed by atoms with Crippen LogP contribution in [0.15, 0.2) is 60.0 Å². The van der Waals surface area contributed by atoms with E-state index >= 15 is 0 Å². The van der Waals surface area contributed by atoms with Gasteiger partial charge in [0.1, 0.15) is 13.2 Å². The van der Waals surface area contributed by atoms with Gasteiger partial charge in [0.2, 0.25) is 5.91 Å². The molecule has 35 heavy (non-hydrogen) atoms. The van der Waals surface area contributed by atoms with Gasteiger partial charge in [0.15, 0.2) is 11.6 Å². The highest BCUT2D eigenvalue weighted by Crippen LogP contribution is 2.34. The highest BCUT2D eigenvalue weighted by molar-refractivity contribution is 7.10. The Morgan fingerprint density at radius 1 is 1.23 bits per heavy atom. The molecule has 0 bridgehead atoms. The summed E-state index contributed by atoms with van der Waals surface area (Å²) in [4.78, 5) is 30.9. The Bertz CT molecular complexity index is 1190. The summed E-state index contributed by atoms with van der Waals surface area (Å²) in [7, 11) is 0. The molecule has 4 rings (SSSR count). The summed E-state index contributed by atoms with van der Waals surface area (Å²) < 4.78 is 19.9. The maximum atomic E-state index is 14.1. The quantitative estimate of drug-likeness (QED) is 0.401. The fraction of sp³-hybridized carbons (Fsp3) is 0.308. The molecule has 1 aliphatic rings. The minimum absolute atomic E-state index is 0.0735. The van der Waals surface area contributed by atoms with Crippen LogP contribution in [0, 0.1) is 5.82 Å². The lowest BCUT2D eigenvalue weighted by atomic mass is 10.0. The second kappa shape index (κ2) is 11.6. The number of rotatable bonds is 8. The minimum Gasteiger partial charge on any atom is -0.488 e. The lowest BCUT2D eigenvalue weighted by Gasteiger charge is -2.37. The van der Waals surface area contributed by atoms with Crippen molar-refractivity contribution in [2.45, 2.75) is 25.8 Å². The Hall–Kier alpha value is -3.10. The molecule has 1 N–H and O–H groups in total. The number of para-hydroxylation sites is 1. The van der Waals surface area contributed by atoms with Crippen molar-refractivity contribution in [3.05, 3.63) is 81.3 Å². The first-order chi connectivity index (χ1) is 17.0. The molecule has 0 radical (unpaired) electrons. The van der Waals surface area contributed by atoms with Crippen molar-refractivity contribution < 1.29 is 18.7 Å². The van der Waals surface area contributed by atoms with Gasteiger partial charge in [-0.25, -0.2) is 9.18 Å². The van der Waals surface area contributed by atoms with Crippen LogP contribution >= 0.6 is 22.9 Å². The first-order valence-corrected chi connectivity index (χ1v) is 12.8. The Morgan fingerprint density at radius 3 is 2.83 bits per heavy atom. The third-order valence-corrected chi connectivity index (χ3v) is 7.06. The van der Waals surface area contributed by atoms with Crippen molar-refractivity contribution in [1.82, 2.24) is 9.80 Å². The van der Waals surface area contributed by atoms with Gasteiger partial charge in [0, 0.05) is 28.7 Å². The molecule has 2 aromatic carbocycles. The fourth-order valence-corrected chi connectivity index (χ4v) is 5.27. The zero-order chi connectivity index (χ0) is 24.8. The highest BCUT2D eigenvalue weighted by Gasteiger charge is 2.33. The predicted octanol–water partition coefficient (Wildman–Crippen LogP) is 5.99. The van der Waals surface area contributed by atoms with Crippen molar-refractivity contribution in [2.75, 3.05) is 31.6 Å². The number of nitrogens with zero attached hydrogens (tertiary/aromatic N) is 2. The summed E-state index contributed by atoms with van der Waals surface area (Å²) in [6.45, 7) is 2.93. The summed E-state index contributed by atoms with van der Waals surface area (Å²) in [6, 6.07) is 14.4. The lowest BCUT2D eigenvalue weighted by molar-refractivity contribution is -0.135. The lowest BCUT2D eigenvalue weighted by Crippen LogP contribution is -2.48. The fourth-order valence-electron chi connectivity index (χ4n) is 4.15. The normalized spacial score (nSPS) is 14.8. The maximum Gasteiger partial charge on any atom is 0.322 e. The standard InChI is InChI=1S/C26H27ClFN3O3S/c1-2-12-30(26(33)29-19-7-5-6-18(27)15-19)16-25(32)31-13-10-24-20(11-14-35-24)22(31)17-34-23-9-4-3-8-21(23)28/h3-9,11,14-15,22H,2,10,12-13,16-17H2,1H3,(H,29,33). The van der Waals surface area contributed by atoms with Crippen LogP contribution < -0.4 is 10.1 Å². The van der Waals surface area contributed by atoms with E-state index in [-0.39, 0.29) is 36.9 Å². The van der Waals surface area contributed by atoms with Gasteiger partial charge in [-0.15, -0.1) is 11.3 Å². The van der Waals surface area contributed by atoms with Gasteiger partial charge in [0.05, 0.1) is 6.04 Å². The van der Waals surface area contributed by atoms with E-state index in [1.54, 1.807) is 58.7 Å². The molecular formula is C26H27ClFN3O3S. The average Bonchev–Trinajstić information content (AvgIpc) is 3.32. The number of anilines is 1. The number of carbonyl (C=O) groups excluding carboxylic acids is 2. The highest BCUT2D eigenvalue weighted by atomic mass is 35.5. The second-order valence-corrected chi connectivity index (χ2v) is 9.69. The summed E-state index contributed by atoms with van der Waals surface area (Å²) in [5, 5.41) is 5.33. The summed E-state index contributed by atoms with van der Waals surface area (Å²) in [5.74, 6) is -0.479. The summed E-state index contributed by atoms with van der Waals surface area (Å²) in [5.41, 5.74) is 1.57. The van der Waals surface area contributed by atoms with E-state index in [1.165, 1.54) is 15.8 Å². The van der Waals surface area contributed by atoms with E-state index in [1.807, 2.05) is 18.4 Å². The number of urea groups is 1. The number of ether oxygens (including phenoxy) is 1. The summed E-state index contributed by atoms with van der Waals surface area (Å²) >= 11 is 7.67. The third kappa shape index (κ3) is 6.13. The maximum absolute atomic E-state index is 14.1. The second-order valence-electron chi connectivity index (χ2n) is 8.26. The number of amides is 3. The number of carbonyl (C=O) groups is 2. The number of thiophene rings is 1. The van der Waals surface area contributed by atoms with Crippen molar-refractivity contribution >= 4 is 40.6 Å². The topological polar surface area (TPSA) is 61.9 Å². The molecule has 184 valence electrons. The molecule has 1 aliphatic heterocycles. The predicted molar refractivity (Wildman–Crippen MR) is 137 cm³/mol. The number of benzene rings is 2. The molecule has 0 saturated carbocycles. The van der Waals surface area contributed by atoms with Crippen LogP contribution in [0.2, 0.25) is 5.02 Å². The van der Waals surface area contributed by atoms with Crippen LogP contribution in [0.3, 0.4) is 0 Å². The van der Waals surface area contributed by atoms with Crippen molar-refractivity contribution in [3.63, 3.8) is 0 Å². The third-order valence-electron chi connectivity index (χ3n) is 5.83. The minimum atomic E-state index is -0.446. The van der Waals surface area contributed by atoms with Crippen molar-refractivity contribution in [2.24, 2.45) is 0 Å². The van der Waals surface area contributed by atoms with Gasteiger partial charge in [-0.3, -0.25) is 4.79 Å².